The maximum atomic E-state index is 12.0. The first kappa shape index (κ1) is 14.4. The summed E-state index contributed by atoms with van der Waals surface area (Å²) in [6, 6.07) is 8.25. The number of rotatable bonds is 4. The van der Waals surface area contributed by atoms with E-state index in [4.69, 9.17) is 0 Å². The predicted molar refractivity (Wildman–Crippen MR) is 78.7 cm³/mol. The fraction of sp³-hybridized carbons (Fsp3) is 0.533. The van der Waals surface area contributed by atoms with Crippen LogP contribution in [0.3, 0.4) is 0 Å². The summed E-state index contributed by atoms with van der Waals surface area (Å²) in [4.78, 5) is 12.0. The zero-order chi connectivity index (χ0) is 12.4. The van der Waals surface area contributed by atoms with Gasteiger partial charge in [0.15, 0.2) is 0 Å². The standard InChI is InChI=1S/C15H20N2O.ClH/c18-15(17-8-6-11-5-7-16-10-11)14-9-12-3-1-2-4-13(12)14;/h1-4,11,14,16H,5-10H2,(H,17,18);1H. The molecule has 1 aromatic carbocycles. The number of nitrogens with one attached hydrogen (secondary N) is 2. The SMILES string of the molecule is Cl.O=C(NCCC1CCNC1)C1Cc2ccccc21. The van der Waals surface area contributed by atoms with E-state index in [1.54, 1.807) is 0 Å². The minimum absolute atomic E-state index is 0. The zero-order valence-corrected chi connectivity index (χ0v) is 11.8. The molecule has 1 fully saturated rings. The van der Waals surface area contributed by atoms with E-state index in [0.29, 0.717) is 0 Å². The van der Waals surface area contributed by atoms with Gasteiger partial charge in [0.1, 0.15) is 0 Å². The molecule has 0 saturated carbocycles. The molecular weight excluding hydrogens is 260 g/mol. The van der Waals surface area contributed by atoms with Gasteiger partial charge in [-0.15, -0.1) is 12.4 Å². The third kappa shape index (κ3) is 3.10. The van der Waals surface area contributed by atoms with Crippen molar-refractivity contribution in [3.8, 4) is 0 Å². The highest BCUT2D eigenvalue weighted by Gasteiger charge is 2.31. The van der Waals surface area contributed by atoms with Crippen molar-refractivity contribution in [2.45, 2.75) is 25.2 Å². The van der Waals surface area contributed by atoms with E-state index in [9.17, 15) is 4.79 Å². The van der Waals surface area contributed by atoms with Crippen LogP contribution in [0.4, 0.5) is 0 Å². The van der Waals surface area contributed by atoms with Crippen molar-refractivity contribution in [3.05, 3.63) is 35.4 Å². The van der Waals surface area contributed by atoms with Gasteiger partial charge >= 0.3 is 0 Å². The van der Waals surface area contributed by atoms with Crippen molar-refractivity contribution in [1.29, 1.82) is 0 Å². The Kier molecular flexibility index (Phi) is 4.83. The van der Waals surface area contributed by atoms with Crippen LogP contribution in [0, 0.1) is 5.92 Å². The third-order valence-corrected chi connectivity index (χ3v) is 4.19. The summed E-state index contributed by atoms with van der Waals surface area (Å²) in [5, 5.41) is 6.44. The molecule has 3 rings (SSSR count). The number of hydrogen-bond donors (Lipinski definition) is 2. The van der Waals surface area contributed by atoms with Crippen LogP contribution in [0.5, 0.6) is 0 Å². The molecule has 2 atom stereocenters. The largest absolute Gasteiger partial charge is 0.356 e. The predicted octanol–water partition coefficient (Wildman–Crippen LogP) is 1.86. The number of amides is 1. The molecule has 4 heteroatoms. The third-order valence-electron chi connectivity index (χ3n) is 4.19. The highest BCUT2D eigenvalue weighted by molar-refractivity contribution is 5.86. The minimum atomic E-state index is 0. The van der Waals surface area contributed by atoms with Crippen LogP contribution in [0.25, 0.3) is 0 Å². The quantitative estimate of drug-likeness (QED) is 0.884. The lowest BCUT2D eigenvalue weighted by atomic mass is 9.77. The van der Waals surface area contributed by atoms with Gasteiger partial charge in [-0.1, -0.05) is 24.3 Å². The molecule has 2 unspecified atom stereocenters. The zero-order valence-electron chi connectivity index (χ0n) is 11.0. The molecule has 2 N–H and O–H groups in total. The Bertz CT molecular complexity index is 444. The van der Waals surface area contributed by atoms with E-state index in [2.05, 4.69) is 22.8 Å². The maximum Gasteiger partial charge on any atom is 0.227 e. The molecule has 2 aliphatic rings. The highest BCUT2D eigenvalue weighted by Crippen LogP contribution is 2.34. The van der Waals surface area contributed by atoms with Crippen molar-refractivity contribution < 1.29 is 4.79 Å². The molecule has 104 valence electrons. The molecule has 1 amide bonds. The molecule has 1 aliphatic carbocycles. The van der Waals surface area contributed by atoms with Gasteiger partial charge < -0.3 is 10.6 Å². The Morgan fingerprint density at radius 3 is 2.95 bits per heavy atom. The molecule has 1 saturated heterocycles. The fourth-order valence-corrected chi connectivity index (χ4v) is 2.98. The fourth-order valence-electron chi connectivity index (χ4n) is 2.98. The van der Waals surface area contributed by atoms with Gasteiger partial charge in [-0.25, -0.2) is 0 Å². The van der Waals surface area contributed by atoms with E-state index in [0.717, 1.165) is 38.4 Å². The average molecular weight is 281 g/mol. The summed E-state index contributed by atoms with van der Waals surface area (Å²) in [7, 11) is 0. The molecule has 1 aromatic rings. The van der Waals surface area contributed by atoms with Gasteiger partial charge in [0.05, 0.1) is 5.92 Å². The molecule has 0 aromatic heterocycles. The molecule has 19 heavy (non-hydrogen) atoms. The van der Waals surface area contributed by atoms with E-state index >= 15 is 0 Å². The smallest absolute Gasteiger partial charge is 0.227 e. The molecule has 0 bridgehead atoms. The van der Waals surface area contributed by atoms with E-state index in [1.807, 2.05) is 12.1 Å². The lowest BCUT2D eigenvalue weighted by molar-refractivity contribution is -0.123. The first-order valence-corrected chi connectivity index (χ1v) is 6.91. The van der Waals surface area contributed by atoms with E-state index in [1.165, 1.54) is 17.5 Å². The van der Waals surface area contributed by atoms with Crippen LogP contribution in [0.2, 0.25) is 0 Å². The number of hydrogen-bond acceptors (Lipinski definition) is 2. The number of carbonyl (C=O) groups excluding carboxylic acids is 1. The summed E-state index contributed by atoms with van der Waals surface area (Å²) in [5.41, 5.74) is 2.55. The minimum Gasteiger partial charge on any atom is -0.356 e. The van der Waals surface area contributed by atoms with Crippen LogP contribution < -0.4 is 10.6 Å². The number of halogens is 1. The van der Waals surface area contributed by atoms with Gasteiger partial charge in [-0.2, -0.15) is 0 Å². The van der Waals surface area contributed by atoms with Crippen LogP contribution in [-0.4, -0.2) is 25.5 Å². The molecule has 1 heterocycles. The van der Waals surface area contributed by atoms with Crippen molar-refractivity contribution in [3.63, 3.8) is 0 Å². The lowest BCUT2D eigenvalue weighted by Gasteiger charge is -2.29. The summed E-state index contributed by atoms with van der Waals surface area (Å²) in [6.45, 7) is 3.07. The second kappa shape index (κ2) is 6.40. The summed E-state index contributed by atoms with van der Waals surface area (Å²) in [5.74, 6) is 1.06. The van der Waals surface area contributed by atoms with Crippen LogP contribution in [0.15, 0.2) is 24.3 Å². The summed E-state index contributed by atoms with van der Waals surface area (Å²) in [6.07, 6.45) is 3.27. The first-order chi connectivity index (χ1) is 8.84. The Balaban J connectivity index is 0.00000133. The van der Waals surface area contributed by atoms with Crippen LogP contribution in [0.1, 0.15) is 29.9 Å². The number of fused-ring (bicyclic) bond motifs is 1. The van der Waals surface area contributed by atoms with Gasteiger partial charge in [-0.05, 0) is 49.4 Å². The summed E-state index contributed by atoms with van der Waals surface area (Å²) >= 11 is 0. The van der Waals surface area contributed by atoms with Gasteiger partial charge in [0.2, 0.25) is 5.91 Å². The Labute approximate surface area is 120 Å². The van der Waals surface area contributed by atoms with Gasteiger partial charge in [0.25, 0.3) is 0 Å². The molecule has 1 aliphatic heterocycles. The van der Waals surface area contributed by atoms with Crippen LogP contribution >= 0.6 is 12.4 Å². The normalized spacial score (nSPS) is 24.0. The molecule has 0 spiro atoms. The highest BCUT2D eigenvalue weighted by atomic mass is 35.5. The Morgan fingerprint density at radius 2 is 2.21 bits per heavy atom. The second-order valence-corrected chi connectivity index (χ2v) is 5.39. The monoisotopic (exact) mass is 280 g/mol. The second-order valence-electron chi connectivity index (χ2n) is 5.39. The average Bonchev–Trinajstić information content (AvgIpc) is 2.84. The first-order valence-electron chi connectivity index (χ1n) is 6.91. The molecule has 3 nitrogen and oxygen atoms in total. The Morgan fingerprint density at radius 1 is 1.37 bits per heavy atom. The number of benzene rings is 1. The van der Waals surface area contributed by atoms with Crippen molar-refractivity contribution in [2.24, 2.45) is 5.92 Å². The van der Waals surface area contributed by atoms with E-state index in [-0.39, 0.29) is 24.2 Å². The van der Waals surface area contributed by atoms with Crippen molar-refractivity contribution >= 4 is 18.3 Å². The van der Waals surface area contributed by atoms with E-state index < -0.39 is 0 Å². The lowest BCUT2D eigenvalue weighted by Crippen LogP contribution is -2.36. The van der Waals surface area contributed by atoms with Crippen LogP contribution in [-0.2, 0) is 11.2 Å². The molecular formula is C15H21ClN2O. The Hall–Kier alpha value is -1.06. The van der Waals surface area contributed by atoms with Gasteiger partial charge in [0, 0.05) is 6.54 Å². The molecule has 0 radical (unpaired) electrons. The topological polar surface area (TPSA) is 41.1 Å². The van der Waals surface area contributed by atoms with Crippen molar-refractivity contribution in [2.75, 3.05) is 19.6 Å². The summed E-state index contributed by atoms with van der Waals surface area (Å²) < 4.78 is 0. The van der Waals surface area contributed by atoms with Crippen molar-refractivity contribution in [1.82, 2.24) is 10.6 Å². The van der Waals surface area contributed by atoms with Gasteiger partial charge in [-0.3, -0.25) is 4.79 Å². The number of carbonyl (C=O) groups is 1. The maximum absolute atomic E-state index is 12.0.